The molecular formula is C26H28BNO6S. The van der Waals surface area contributed by atoms with Crippen molar-refractivity contribution < 1.29 is 28.0 Å². The summed E-state index contributed by atoms with van der Waals surface area (Å²) in [5.74, 6) is 0.938. The van der Waals surface area contributed by atoms with Crippen LogP contribution in [0.1, 0.15) is 49.1 Å². The van der Waals surface area contributed by atoms with Gasteiger partial charge in [0.05, 0.1) is 16.2 Å². The average Bonchev–Trinajstić information content (AvgIpc) is 3.59. The molecular weight excluding hydrogens is 465 g/mol. The van der Waals surface area contributed by atoms with E-state index in [0.29, 0.717) is 22.8 Å². The van der Waals surface area contributed by atoms with Crippen molar-refractivity contribution in [3.8, 4) is 5.75 Å². The molecule has 0 spiro atoms. The van der Waals surface area contributed by atoms with Crippen molar-refractivity contribution in [2.75, 3.05) is 6.26 Å². The van der Waals surface area contributed by atoms with Crippen LogP contribution < -0.4 is 4.65 Å². The Balaban J connectivity index is 0.000000775. The zero-order valence-electron chi connectivity index (χ0n) is 19.9. The van der Waals surface area contributed by atoms with E-state index in [1.165, 1.54) is 6.26 Å². The molecule has 1 aliphatic rings. The van der Waals surface area contributed by atoms with Crippen molar-refractivity contribution in [2.45, 2.75) is 37.2 Å². The third-order valence-corrected chi connectivity index (χ3v) is 6.32. The van der Waals surface area contributed by atoms with Gasteiger partial charge in [-0.3, -0.25) is 9.78 Å². The molecule has 4 rings (SSSR count). The molecule has 0 unspecified atom stereocenters. The fourth-order valence-electron chi connectivity index (χ4n) is 3.09. The van der Waals surface area contributed by atoms with Crippen LogP contribution in [0.15, 0.2) is 71.8 Å². The molecule has 3 aromatic rings. The molecule has 9 heteroatoms. The topological polar surface area (TPSA) is 114 Å². The number of rotatable bonds is 7. The number of Topliss-reactive ketones (excluding diaryl/α,β-unsaturated/α-hetero) is 1. The molecule has 0 atom stereocenters. The predicted molar refractivity (Wildman–Crippen MR) is 137 cm³/mol. The summed E-state index contributed by atoms with van der Waals surface area (Å²) in [6.45, 7) is 3.38. The van der Waals surface area contributed by atoms with Crippen molar-refractivity contribution in [1.29, 1.82) is 0 Å². The lowest BCUT2D eigenvalue weighted by Gasteiger charge is -2.18. The summed E-state index contributed by atoms with van der Waals surface area (Å²) in [6, 6.07) is 17.5. The number of aromatic nitrogens is 1. The van der Waals surface area contributed by atoms with Gasteiger partial charge in [0.2, 0.25) is 0 Å². The zero-order chi connectivity index (χ0) is 25.6. The molecule has 7 nitrogen and oxygen atoms in total. The maximum Gasteiger partial charge on any atom is 0.504 e. The standard InChI is InChI=1S/C23H24BNO5S.C3H4O/c1-23(2,26)18-9-12-22(25-15-18)21(14-16-5-4-6-19(13-16)30-24-27)17-7-10-20(11-8-17)31(3,28)29;4-3-1-2-3/h4-15,24,26-27H,1-3H3;1-2H2/b21-14+;. The number of carbonyl (C=O) groups is 1. The van der Waals surface area contributed by atoms with E-state index >= 15 is 0 Å². The summed E-state index contributed by atoms with van der Waals surface area (Å²) in [5, 5.41) is 19.2. The molecule has 2 N–H and O–H groups in total. The maximum atomic E-state index is 11.8. The van der Waals surface area contributed by atoms with Gasteiger partial charge in [0.25, 0.3) is 0 Å². The number of benzene rings is 2. The second kappa shape index (κ2) is 11.0. The Labute approximate surface area is 206 Å². The molecule has 1 fully saturated rings. The molecule has 2 aromatic carbocycles. The van der Waals surface area contributed by atoms with Crippen LogP contribution in [-0.2, 0) is 20.2 Å². The third kappa shape index (κ3) is 7.88. The summed E-state index contributed by atoms with van der Waals surface area (Å²) in [7, 11) is -3.73. The highest BCUT2D eigenvalue weighted by atomic mass is 32.2. The minimum absolute atomic E-state index is 0.235. The van der Waals surface area contributed by atoms with Crippen molar-refractivity contribution in [1.82, 2.24) is 4.98 Å². The summed E-state index contributed by atoms with van der Waals surface area (Å²) in [6.07, 6.45) is 6.40. The number of sulfone groups is 1. The lowest BCUT2D eigenvalue weighted by molar-refractivity contribution is -0.109. The molecule has 0 aliphatic heterocycles. The van der Waals surface area contributed by atoms with Gasteiger partial charge in [-0.15, -0.1) is 0 Å². The van der Waals surface area contributed by atoms with Crippen molar-refractivity contribution in [3.63, 3.8) is 0 Å². The number of hydrogen-bond donors (Lipinski definition) is 2. The van der Waals surface area contributed by atoms with E-state index in [-0.39, 0.29) is 4.90 Å². The van der Waals surface area contributed by atoms with Crippen LogP contribution >= 0.6 is 0 Å². The van der Waals surface area contributed by atoms with Crippen LogP contribution in [0.4, 0.5) is 0 Å². The number of pyridine rings is 1. The largest absolute Gasteiger partial charge is 0.539 e. The molecule has 0 radical (unpaired) electrons. The second-order valence-electron chi connectivity index (χ2n) is 8.73. The van der Waals surface area contributed by atoms with Crippen LogP contribution in [0.5, 0.6) is 5.75 Å². The van der Waals surface area contributed by atoms with Crippen LogP contribution in [0.3, 0.4) is 0 Å². The van der Waals surface area contributed by atoms with Gasteiger partial charge in [0.15, 0.2) is 9.84 Å². The molecule has 0 bridgehead atoms. The highest BCUT2D eigenvalue weighted by Gasteiger charge is 2.17. The van der Waals surface area contributed by atoms with Gasteiger partial charge in [0.1, 0.15) is 11.5 Å². The Morgan fingerprint density at radius 2 is 1.74 bits per heavy atom. The zero-order valence-corrected chi connectivity index (χ0v) is 20.7. The second-order valence-corrected chi connectivity index (χ2v) is 10.7. The van der Waals surface area contributed by atoms with Gasteiger partial charge in [-0.25, -0.2) is 8.42 Å². The normalized spacial score (nSPS) is 13.5. The van der Waals surface area contributed by atoms with E-state index in [2.05, 4.69) is 4.98 Å². The van der Waals surface area contributed by atoms with Gasteiger partial charge < -0.3 is 14.8 Å². The monoisotopic (exact) mass is 493 g/mol. The number of nitrogens with zero attached hydrogens (tertiary/aromatic N) is 1. The smallest absolute Gasteiger partial charge is 0.504 e. The Morgan fingerprint density at radius 3 is 2.23 bits per heavy atom. The first kappa shape index (κ1) is 26.3. The first-order valence-corrected chi connectivity index (χ1v) is 12.9. The lowest BCUT2D eigenvalue weighted by Crippen LogP contribution is -2.15. The quantitative estimate of drug-likeness (QED) is 0.384. The number of ketones is 1. The average molecular weight is 493 g/mol. The lowest BCUT2D eigenvalue weighted by atomic mass is 9.96. The summed E-state index contributed by atoms with van der Waals surface area (Å²) < 4.78 is 28.8. The van der Waals surface area contributed by atoms with Crippen LogP contribution in [0.25, 0.3) is 11.6 Å². The Hall–Kier alpha value is -3.27. The van der Waals surface area contributed by atoms with Crippen LogP contribution in [-0.4, -0.2) is 43.3 Å². The van der Waals surface area contributed by atoms with Crippen LogP contribution in [0, 0.1) is 0 Å². The highest BCUT2D eigenvalue weighted by molar-refractivity contribution is 7.90. The van der Waals surface area contributed by atoms with E-state index in [4.69, 9.17) is 9.68 Å². The molecule has 0 saturated heterocycles. The number of hydrogen-bond acceptors (Lipinski definition) is 7. The predicted octanol–water partition coefficient (Wildman–Crippen LogP) is 3.29. The molecule has 1 heterocycles. The summed E-state index contributed by atoms with van der Waals surface area (Å²) in [4.78, 5) is 14.3. The fraction of sp³-hybridized carbons (Fsp3) is 0.231. The Bertz CT molecular complexity index is 1310. The third-order valence-electron chi connectivity index (χ3n) is 5.19. The van der Waals surface area contributed by atoms with Gasteiger partial charge in [-0.2, -0.15) is 0 Å². The first-order valence-electron chi connectivity index (χ1n) is 11.0. The van der Waals surface area contributed by atoms with Crippen molar-refractivity contribution in [3.05, 3.63) is 89.2 Å². The molecule has 0 amide bonds. The SMILES string of the molecule is CC(C)(O)c1ccc(/C(=C/c2cccc(OBO)c2)c2ccc(S(C)(=O)=O)cc2)nc1.O=C1CC1. The molecule has 35 heavy (non-hydrogen) atoms. The molecule has 1 saturated carbocycles. The molecule has 1 aliphatic carbocycles. The van der Waals surface area contributed by atoms with Gasteiger partial charge in [-0.05, 0) is 61.4 Å². The van der Waals surface area contributed by atoms with E-state index in [1.807, 2.05) is 30.3 Å². The van der Waals surface area contributed by atoms with Crippen LogP contribution in [0.2, 0.25) is 0 Å². The molecule has 182 valence electrons. The first-order chi connectivity index (χ1) is 16.5. The van der Waals surface area contributed by atoms with Gasteiger partial charge >= 0.3 is 7.69 Å². The Kier molecular flexibility index (Phi) is 8.27. The minimum atomic E-state index is -3.31. The summed E-state index contributed by atoms with van der Waals surface area (Å²) >= 11 is 0. The fourth-order valence-corrected chi connectivity index (χ4v) is 3.72. The van der Waals surface area contributed by atoms with Gasteiger partial charge in [0, 0.05) is 36.4 Å². The maximum absolute atomic E-state index is 11.8. The highest BCUT2D eigenvalue weighted by Crippen LogP contribution is 2.28. The van der Waals surface area contributed by atoms with E-state index in [0.717, 1.165) is 29.5 Å². The number of carbonyl (C=O) groups excluding carboxylic acids is 1. The van der Waals surface area contributed by atoms with Crippen molar-refractivity contribution in [2.24, 2.45) is 0 Å². The number of aliphatic hydroxyl groups is 1. The van der Waals surface area contributed by atoms with E-state index in [1.54, 1.807) is 56.4 Å². The van der Waals surface area contributed by atoms with Crippen molar-refractivity contribution >= 4 is 35.0 Å². The minimum Gasteiger partial charge on any atom is -0.539 e. The van der Waals surface area contributed by atoms with E-state index in [9.17, 15) is 18.3 Å². The van der Waals surface area contributed by atoms with Gasteiger partial charge in [-0.1, -0.05) is 30.3 Å². The molecule has 1 aromatic heterocycles. The van der Waals surface area contributed by atoms with E-state index < -0.39 is 23.1 Å². The summed E-state index contributed by atoms with van der Waals surface area (Å²) in [5.41, 5.74) is 2.70. The Morgan fingerprint density at radius 1 is 1.09 bits per heavy atom.